The average molecular weight is 294 g/mol. The molecule has 2 aliphatic rings. The molecule has 112 valence electrons. The molecule has 2 heterocycles. The minimum atomic E-state index is -0.174. The van der Waals surface area contributed by atoms with Crippen molar-refractivity contribution in [1.29, 1.82) is 0 Å². The van der Waals surface area contributed by atoms with Crippen LogP contribution in [0.25, 0.3) is 10.8 Å². The Labute approximate surface area is 129 Å². The monoisotopic (exact) mass is 294 g/mol. The van der Waals surface area contributed by atoms with Crippen LogP contribution in [-0.4, -0.2) is 25.1 Å². The summed E-state index contributed by atoms with van der Waals surface area (Å²) in [5, 5.41) is 5.90. The van der Waals surface area contributed by atoms with E-state index in [1.165, 1.54) is 5.39 Å². The highest BCUT2D eigenvalue weighted by atomic mass is 16.5. The van der Waals surface area contributed by atoms with Gasteiger partial charge in [-0.2, -0.15) is 0 Å². The molecule has 0 bridgehead atoms. The number of rotatable bonds is 1. The lowest BCUT2D eigenvalue weighted by Gasteiger charge is -2.39. The Morgan fingerprint density at radius 1 is 1.23 bits per heavy atom. The van der Waals surface area contributed by atoms with Crippen molar-refractivity contribution in [3.05, 3.63) is 47.7 Å². The van der Waals surface area contributed by atoms with Crippen molar-refractivity contribution in [2.24, 2.45) is 0 Å². The maximum Gasteiger partial charge on any atom is 0.196 e. The number of hydrogen-bond donors (Lipinski definition) is 1. The van der Waals surface area contributed by atoms with E-state index in [1.54, 1.807) is 6.92 Å². The second-order valence-electron chi connectivity index (χ2n) is 5.95. The van der Waals surface area contributed by atoms with E-state index in [0.717, 1.165) is 28.1 Å². The van der Waals surface area contributed by atoms with E-state index in [0.29, 0.717) is 0 Å². The van der Waals surface area contributed by atoms with Gasteiger partial charge in [0.1, 0.15) is 11.8 Å². The number of nitrogens with zero attached hydrogens (tertiary/aromatic N) is 1. The van der Waals surface area contributed by atoms with Gasteiger partial charge in [0.2, 0.25) is 0 Å². The second-order valence-corrected chi connectivity index (χ2v) is 5.95. The van der Waals surface area contributed by atoms with Gasteiger partial charge in [-0.1, -0.05) is 30.3 Å². The maximum absolute atomic E-state index is 12.0. The molecular formula is C18H18N2O2. The molecule has 0 radical (unpaired) electrons. The molecule has 4 rings (SSSR count). The van der Waals surface area contributed by atoms with Crippen LogP contribution in [0.2, 0.25) is 0 Å². The second kappa shape index (κ2) is 4.50. The summed E-state index contributed by atoms with van der Waals surface area (Å²) >= 11 is 0. The van der Waals surface area contributed by atoms with Gasteiger partial charge >= 0.3 is 0 Å². The molecule has 4 nitrogen and oxygen atoms in total. The summed E-state index contributed by atoms with van der Waals surface area (Å²) in [5.41, 5.74) is 2.91. The summed E-state index contributed by atoms with van der Waals surface area (Å²) in [4.78, 5) is 14.1. The van der Waals surface area contributed by atoms with Crippen LogP contribution in [0.5, 0.6) is 0 Å². The highest BCUT2D eigenvalue weighted by Crippen LogP contribution is 2.43. The Bertz CT molecular complexity index is 825. The van der Waals surface area contributed by atoms with E-state index in [9.17, 15) is 4.79 Å². The van der Waals surface area contributed by atoms with E-state index in [1.807, 2.05) is 26.1 Å². The fourth-order valence-electron chi connectivity index (χ4n) is 3.59. The zero-order valence-electron chi connectivity index (χ0n) is 12.9. The molecule has 1 N–H and O–H groups in total. The molecule has 0 saturated heterocycles. The van der Waals surface area contributed by atoms with Gasteiger partial charge in [-0.05, 0) is 25.3 Å². The number of carbonyl (C=O) groups is 1. The molecule has 0 spiro atoms. The van der Waals surface area contributed by atoms with Crippen molar-refractivity contribution in [2.45, 2.75) is 26.1 Å². The first kappa shape index (κ1) is 13.2. The van der Waals surface area contributed by atoms with Crippen molar-refractivity contribution in [2.75, 3.05) is 17.3 Å². The van der Waals surface area contributed by atoms with Crippen LogP contribution in [0, 0.1) is 0 Å². The highest BCUT2D eigenvalue weighted by molar-refractivity contribution is 6.03. The number of Topliss-reactive ketones (excluding diaryl/α,β-unsaturated/α-hetero) is 1. The minimum absolute atomic E-state index is 0.0644. The van der Waals surface area contributed by atoms with Crippen LogP contribution < -0.4 is 10.2 Å². The molecule has 0 fully saturated rings. The number of nitrogens with one attached hydrogen (secondary N) is 1. The maximum atomic E-state index is 12.0. The van der Waals surface area contributed by atoms with Gasteiger partial charge in [-0.15, -0.1) is 0 Å². The third-order valence-electron chi connectivity index (χ3n) is 4.62. The molecule has 2 atom stereocenters. The molecule has 4 heteroatoms. The number of hydrogen-bond acceptors (Lipinski definition) is 4. The third kappa shape index (κ3) is 1.67. The first-order chi connectivity index (χ1) is 10.6. The number of ketones is 1. The number of benzene rings is 2. The highest BCUT2D eigenvalue weighted by Gasteiger charge is 2.43. The molecule has 0 amide bonds. The molecule has 2 unspecified atom stereocenters. The number of carbonyl (C=O) groups excluding carboxylic acids is 1. The fourth-order valence-corrected chi connectivity index (χ4v) is 3.59. The third-order valence-corrected chi connectivity index (χ3v) is 4.62. The van der Waals surface area contributed by atoms with Crippen LogP contribution in [0.3, 0.4) is 0 Å². The summed E-state index contributed by atoms with van der Waals surface area (Å²) in [6.07, 6.45) is -0.174. The molecule has 0 saturated carbocycles. The summed E-state index contributed by atoms with van der Waals surface area (Å²) in [7, 11) is 2.02. The van der Waals surface area contributed by atoms with Crippen molar-refractivity contribution < 1.29 is 9.53 Å². The fraction of sp³-hybridized carbons (Fsp3) is 0.278. The van der Waals surface area contributed by atoms with E-state index < -0.39 is 0 Å². The van der Waals surface area contributed by atoms with Gasteiger partial charge in [0.15, 0.2) is 12.0 Å². The van der Waals surface area contributed by atoms with Gasteiger partial charge < -0.3 is 15.0 Å². The van der Waals surface area contributed by atoms with Gasteiger partial charge in [-0.25, -0.2) is 0 Å². The topological polar surface area (TPSA) is 41.6 Å². The lowest BCUT2D eigenvalue weighted by Crippen LogP contribution is -2.48. The normalized spacial score (nSPS) is 23.0. The number of likely N-dealkylation sites (N-methyl/N-ethyl adjacent to an activating group) is 1. The van der Waals surface area contributed by atoms with Gasteiger partial charge in [0, 0.05) is 12.4 Å². The van der Waals surface area contributed by atoms with Gasteiger partial charge in [0.25, 0.3) is 0 Å². The van der Waals surface area contributed by atoms with Crippen LogP contribution >= 0.6 is 0 Å². The quantitative estimate of drug-likeness (QED) is 0.876. The molecule has 0 aliphatic carbocycles. The zero-order chi connectivity index (χ0) is 15.4. The first-order valence-corrected chi connectivity index (χ1v) is 7.47. The Hall–Kier alpha value is -2.49. The van der Waals surface area contributed by atoms with Crippen LogP contribution in [-0.2, 0) is 9.53 Å². The SMILES string of the molecule is CC(=O)C1=C(C)OC2C1Nc1c(ccc3ccccc13)N2C. The summed E-state index contributed by atoms with van der Waals surface area (Å²) in [6.45, 7) is 3.47. The largest absolute Gasteiger partial charge is 0.472 e. The zero-order valence-corrected chi connectivity index (χ0v) is 12.9. The van der Waals surface area contributed by atoms with Crippen molar-refractivity contribution in [3.8, 4) is 0 Å². The lowest BCUT2D eigenvalue weighted by atomic mass is 9.97. The van der Waals surface area contributed by atoms with Crippen LogP contribution in [0.15, 0.2) is 47.7 Å². The number of anilines is 2. The summed E-state index contributed by atoms with van der Waals surface area (Å²) in [5.74, 6) is 0.786. The van der Waals surface area contributed by atoms with Crippen LogP contribution in [0.1, 0.15) is 13.8 Å². The van der Waals surface area contributed by atoms with E-state index in [2.05, 4.69) is 34.5 Å². The van der Waals surface area contributed by atoms with Gasteiger partial charge in [-0.3, -0.25) is 4.79 Å². The van der Waals surface area contributed by atoms with Crippen molar-refractivity contribution in [1.82, 2.24) is 0 Å². The Morgan fingerprint density at radius 3 is 2.77 bits per heavy atom. The first-order valence-electron chi connectivity index (χ1n) is 7.47. The van der Waals surface area contributed by atoms with E-state index in [-0.39, 0.29) is 18.1 Å². The summed E-state index contributed by atoms with van der Waals surface area (Å²) < 4.78 is 5.94. The molecule has 2 aromatic rings. The molecule has 2 aliphatic heterocycles. The molecule has 22 heavy (non-hydrogen) atoms. The smallest absolute Gasteiger partial charge is 0.196 e. The summed E-state index contributed by atoms with van der Waals surface area (Å²) in [6, 6.07) is 12.4. The minimum Gasteiger partial charge on any atom is -0.472 e. The van der Waals surface area contributed by atoms with Gasteiger partial charge in [0.05, 0.1) is 16.9 Å². The van der Waals surface area contributed by atoms with E-state index >= 15 is 0 Å². The molecule has 0 aromatic heterocycles. The molecule has 2 aromatic carbocycles. The molecular weight excluding hydrogens is 276 g/mol. The lowest BCUT2D eigenvalue weighted by molar-refractivity contribution is -0.113. The Morgan fingerprint density at radius 2 is 2.00 bits per heavy atom. The number of allylic oxidation sites excluding steroid dienone is 1. The Balaban J connectivity index is 1.90. The number of ether oxygens (including phenoxy) is 1. The Kier molecular flexibility index (Phi) is 2.70. The van der Waals surface area contributed by atoms with Crippen molar-refractivity contribution in [3.63, 3.8) is 0 Å². The average Bonchev–Trinajstić information content (AvgIpc) is 2.84. The number of fused-ring (bicyclic) bond motifs is 4. The van der Waals surface area contributed by atoms with E-state index in [4.69, 9.17) is 4.74 Å². The van der Waals surface area contributed by atoms with Crippen LogP contribution in [0.4, 0.5) is 11.4 Å². The van der Waals surface area contributed by atoms with Crippen molar-refractivity contribution >= 4 is 27.9 Å². The predicted molar refractivity (Wildman–Crippen MR) is 88.0 cm³/mol. The predicted octanol–water partition coefficient (Wildman–Crippen LogP) is 3.29. The standard InChI is InChI=1S/C18H18N2O2/c1-10(21)15-11(2)22-18-17(15)19-16-13-7-5-4-6-12(13)8-9-14(16)20(18)3/h4-9,17-19H,1-3H3.